The van der Waals surface area contributed by atoms with Crippen molar-refractivity contribution >= 4 is 50.2 Å². The molecule has 0 unspecified atom stereocenters. The number of halogens is 1. The van der Waals surface area contributed by atoms with Crippen LogP contribution >= 0.6 is 22.6 Å². The number of hydrogen-bond acceptors (Lipinski definition) is 8. The quantitative estimate of drug-likeness (QED) is 0.248. The van der Waals surface area contributed by atoms with Gasteiger partial charge in [-0.2, -0.15) is 8.42 Å². The maximum absolute atomic E-state index is 14.0. The molecule has 1 N–H and O–H groups in total. The minimum atomic E-state index is -4.17. The van der Waals surface area contributed by atoms with E-state index in [-0.39, 0.29) is 64.6 Å². The molecule has 2 aromatic carbocycles. The largest absolute Gasteiger partial charge is 0.493 e. The van der Waals surface area contributed by atoms with E-state index in [2.05, 4.69) is 0 Å². The Hall–Kier alpha value is -3.19. The summed E-state index contributed by atoms with van der Waals surface area (Å²) in [5.74, 6) is -1.69. The highest BCUT2D eigenvalue weighted by molar-refractivity contribution is 14.1. The number of carboxylic acids is 1. The number of rotatable bonds is 8. The normalized spacial score (nSPS) is 19.9. The zero-order valence-corrected chi connectivity index (χ0v) is 28.4. The first kappa shape index (κ1) is 32.2. The van der Waals surface area contributed by atoms with Gasteiger partial charge in [-0.05, 0) is 76.1 Å². The van der Waals surface area contributed by atoms with E-state index < -0.39 is 22.0 Å². The summed E-state index contributed by atoms with van der Waals surface area (Å²) in [6, 6.07) is 11.2. The lowest BCUT2D eigenvalue weighted by Gasteiger charge is -2.49. The summed E-state index contributed by atoms with van der Waals surface area (Å²) in [6.45, 7) is 8.22. The van der Waals surface area contributed by atoms with E-state index in [1.54, 1.807) is 30.3 Å². The van der Waals surface area contributed by atoms with Crippen molar-refractivity contribution in [3.63, 3.8) is 0 Å². The number of Topliss-reactive ketones (excluding diaryl/α,β-unsaturated/α-hetero) is 2. The molecular weight excluding hydrogens is 697 g/mol. The standard InChI is InChI=1S/C33H36INO8S/c1-32(2)15-22-29(24(36)17-32)28(30-23(35(22)12-11-27(38)39)16-33(3,4)18-25(30)37)19-13-21(34)31(26(14-19)42-5)43-44(40,41)20-9-7-6-8-10-20/h6-10,13-14,28H,11-12,15-18H2,1-5H3,(H,38,39). The van der Waals surface area contributed by atoms with Crippen molar-refractivity contribution in [2.45, 2.75) is 70.6 Å². The summed E-state index contributed by atoms with van der Waals surface area (Å²) in [5.41, 5.74) is 2.38. The molecule has 0 amide bonds. The van der Waals surface area contributed by atoms with Crippen LogP contribution in [0, 0.1) is 14.4 Å². The van der Waals surface area contributed by atoms with Crippen molar-refractivity contribution in [1.82, 2.24) is 4.90 Å². The summed E-state index contributed by atoms with van der Waals surface area (Å²) >= 11 is 1.98. The van der Waals surface area contributed by atoms with Gasteiger partial charge in [0.15, 0.2) is 23.1 Å². The SMILES string of the molecule is COc1cc(C2C3=C(CC(C)(C)CC3=O)N(CCC(=O)O)C3=C2C(=O)CC(C)(C)C3)cc(I)c1OS(=O)(=O)c1ccccc1. The van der Waals surface area contributed by atoms with Gasteiger partial charge in [-0.25, -0.2) is 0 Å². The van der Waals surface area contributed by atoms with Crippen LogP contribution in [0.25, 0.3) is 0 Å². The van der Waals surface area contributed by atoms with Gasteiger partial charge in [-0.1, -0.05) is 45.9 Å². The fraction of sp³-hybridized carbons (Fsp3) is 0.424. The van der Waals surface area contributed by atoms with E-state index in [9.17, 15) is 27.9 Å². The molecular formula is C33H36INO8S. The molecule has 11 heteroatoms. The Balaban J connectivity index is 1.71. The number of ketones is 2. The lowest BCUT2D eigenvalue weighted by Crippen LogP contribution is -2.45. The topological polar surface area (TPSA) is 127 Å². The van der Waals surface area contributed by atoms with Crippen molar-refractivity contribution in [1.29, 1.82) is 0 Å². The molecule has 0 aromatic heterocycles. The number of hydrogen-bond donors (Lipinski definition) is 1. The average molecular weight is 734 g/mol. The van der Waals surface area contributed by atoms with Gasteiger partial charge in [0.05, 0.1) is 17.1 Å². The second-order valence-electron chi connectivity index (χ2n) is 13.2. The van der Waals surface area contributed by atoms with Crippen LogP contribution in [0.3, 0.4) is 0 Å². The third-order valence-electron chi connectivity index (χ3n) is 8.38. The lowest BCUT2D eigenvalue weighted by atomic mass is 9.63. The van der Waals surface area contributed by atoms with Gasteiger partial charge in [0, 0.05) is 47.8 Å². The van der Waals surface area contributed by atoms with Gasteiger partial charge < -0.3 is 18.9 Å². The van der Waals surface area contributed by atoms with E-state index in [1.165, 1.54) is 19.2 Å². The highest BCUT2D eigenvalue weighted by atomic mass is 127. The molecule has 5 rings (SSSR count). The molecule has 1 aliphatic heterocycles. The Kier molecular flexibility index (Phi) is 8.51. The molecule has 0 bridgehead atoms. The molecule has 9 nitrogen and oxygen atoms in total. The van der Waals surface area contributed by atoms with Crippen molar-refractivity contribution in [3.05, 3.63) is 74.1 Å². The second-order valence-corrected chi connectivity index (χ2v) is 15.9. The summed E-state index contributed by atoms with van der Waals surface area (Å²) in [5, 5.41) is 9.58. The van der Waals surface area contributed by atoms with Crippen molar-refractivity contribution in [2.75, 3.05) is 13.7 Å². The summed E-state index contributed by atoms with van der Waals surface area (Å²) in [4.78, 5) is 41.6. The van der Waals surface area contributed by atoms with E-state index in [0.29, 0.717) is 33.1 Å². The number of methoxy groups -OCH3 is 1. The zero-order chi connectivity index (χ0) is 32.2. The number of ether oxygens (including phenoxy) is 1. The van der Waals surface area contributed by atoms with Gasteiger partial charge in [0.1, 0.15) is 4.90 Å². The maximum atomic E-state index is 14.0. The third-order valence-corrected chi connectivity index (χ3v) is 10.4. The number of carbonyl (C=O) groups is 3. The molecule has 0 atom stereocenters. The Morgan fingerprint density at radius 2 is 1.50 bits per heavy atom. The van der Waals surface area contributed by atoms with E-state index in [1.807, 2.05) is 55.2 Å². The second kappa shape index (κ2) is 11.6. The fourth-order valence-electron chi connectivity index (χ4n) is 6.59. The Morgan fingerprint density at radius 1 is 0.955 bits per heavy atom. The predicted molar refractivity (Wildman–Crippen MR) is 172 cm³/mol. The zero-order valence-electron chi connectivity index (χ0n) is 25.4. The molecule has 0 fully saturated rings. The number of allylic oxidation sites excluding steroid dienone is 4. The fourth-order valence-corrected chi connectivity index (χ4v) is 8.45. The summed E-state index contributed by atoms with van der Waals surface area (Å²) < 4.78 is 37.9. The molecule has 1 heterocycles. The molecule has 2 aliphatic carbocycles. The first-order valence-electron chi connectivity index (χ1n) is 14.4. The number of aliphatic carboxylic acids is 1. The van der Waals surface area contributed by atoms with Crippen LogP contribution in [0.2, 0.25) is 0 Å². The van der Waals surface area contributed by atoms with Crippen molar-refractivity contribution < 1.29 is 36.8 Å². The first-order chi connectivity index (χ1) is 20.5. The van der Waals surface area contributed by atoms with Crippen molar-refractivity contribution in [2.24, 2.45) is 10.8 Å². The molecule has 0 radical (unpaired) electrons. The van der Waals surface area contributed by atoms with Gasteiger partial charge in [-0.3, -0.25) is 14.4 Å². The van der Waals surface area contributed by atoms with Gasteiger partial charge in [0.2, 0.25) is 0 Å². The van der Waals surface area contributed by atoms with Crippen LogP contribution in [0.1, 0.15) is 71.3 Å². The first-order valence-corrected chi connectivity index (χ1v) is 16.9. The average Bonchev–Trinajstić information content (AvgIpc) is 2.91. The molecule has 0 saturated heterocycles. The highest BCUT2D eigenvalue weighted by Crippen LogP contribution is 2.55. The smallest absolute Gasteiger partial charge is 0.339 e. The van der Waals surface area contributed by atoms with Gasteiger partial charge in [0.25, 0.3) is 0 Å². The molecule has 234 valence electrons. The third kappa shape index (κ3) is 6.17. The van der Waals surface area contributed by atoms with Crippen LogP contribution in [0.5, 0.6) is 11.5 Å². The maximum Gasteiger partial charge on any atom is 0.339 e. The predicted octanol–water partition coefficient (Wildman–Crippen LogP) is 6.23. The lowest BCUT2D eigenvalue weighted by molar-refractivity contribution is -0.137. The van der Waals surface area contributed by atoms with Gasteiger partial charge in [-0.15, -0.1) is 0 Å². The van der Waals surface area contributed by atoms with Crippen LogP contribution in [-0.4, -0.2) is 49.6 Å². The van der Waals surface area contributed by atoms with Crippen molar-refractivity contribution in [3.8, 4) is 11.5 Å². The van der Waals surface area contributed by atoms with Crippen LogP contribution in [-0.2, 0) is 24.5 Å². The van der Waals surface area contributed by atoms with E-state index in [0.717, 1.165) is 11.4 Å². The highest BCUT2D eigenvalue weighted by Gasteiger charge is 2.49. The monoisotopic (exact) mass is 733 g/mol. The molecule has 0 saturated carbocycles. The number of carbonyl (C=O) groups excluding carboxylic acids is 2. The molecule has 2 aromatic rings. The molecule has 3 aliphatic rings. The van der Waals surface area contributed by atoms with E-state index >= 15 is 0 Å². The number of benzene rings is 2. The Bertz CT molecular complexity index is 1670. The Morgan fingerprint density at radius 3 is 2.00 bits per heavy atom. The van der Waals surface area contributed by atoms with E-state index in [4.69, 9.17) is 8.92 Å². The molecule has 44 heavy (non-hydrogen) atoms. The number of nitrogens with zero attached hydrogens (tertiary/aromatic N) is 1. The minimum absolute atomic E-state index is 0.00825. The van der Waals surface area contributed by atoms with Crippen LogP contribution < -0.4 is 8.92 Å². The molecule has 0 spiro atoms. The Labute approximate surface area is 271 Å². The summed E-state index contributed by atoms with van der Waals surface area (Å²) in [7, 11) is -2.77. The van der Waals surface area contributed by atoms with Crippen LogP contribution in [0.15, 0.2) is 69.9 Å². The van der Waals surface area contributed by atoms with Crippen LogP contribution in [0.4, 0.5) is 0 Å². The summed E-state index contributed by atoms with van der Waals surface area (Å²) in [6.07, 6.45) is 1.50. The number of carboxylic acid groups (broad SMARTS) is 1. The minimum Gasteiger partial charge on any atom is -0.493 e. The van der Waals surface area contributed by atoms with Gasteiger partial charge >= 0.3 is 16.1 Å².